The van der Waals surface area contributed by atoms with E-state index in [1.54, 1.807) is 19.1 Å². The molecular weight excluding hydrogens is 314 g/mol. The number of thioether (sulfide) groups is 1. The molecule has 0 unspecified atom stereocenters. The maximum Gasteiger partial charge on any atom is 0.317 e. The number of carbonyl (C=O) groups is 2. The number of ether oxygens (including phenoxy) is 1. The van der Waals surface area contributed by atoms with Gasteiger partial charge in [-0.05, 0) is 37.6 Å². The van der Waals surface area contributed by atoms with E-state index in [9.17, 15) is 9.59 Å². The second-order valence-electron chi connectivity index (χ2n) is 4.98. The van der Waals surface area contributed by atoms with Crippen molar-refractivity contribution in [3.63, 3.8) is 0 Å². The van der Waals surface area contributed by atoms with E-state index in [2.05, 4.69) is 5.32 Å². The van der Waals surface area contributed by atoms with Crippen molar-refractivity contribution < 1.29 is 18.7 Å². The third kappa shape index (κ3) is 5.49. The SMILES string of the molecule is Cc1ccccc1SCC(=O)O[C@H](C)C(=O)NCc1ccco1. The number of amides is 1. The molecule has 23 heavy (non-hydrogen) atoms. The largest absolute Gasteiger partial charge is 0.467 e. The molecule has 0 radical (unpaired) electrons. The molecule has 0 saturated carbocycles. The van der Waals surface area contributed by atoms with Gasteiger partial charge in [-0.15, -0.1) is 11.8 Å². The molecule has 1 amide bonds. The van der Waals surface area contributed by atoms with Gasteiger partial charge in [0.2, 0.25) is 0 Å². The summed E-state index contributed by atoms with van der Waals surface area (Å²) < 4.78 is 10.3. The minimum atomic E-state index is -0.838. The summed E-state index contributed by atoms with van der Waals surface area (Å²) in [7, 11) is 0. The van der Waals surface area contributed by atoms with E-state index in [-0.39, 0.29) is 18.2 Å². The first-order chi connectivity index (χ1) is 11.1. The summed E-state index contributed by atoms with van der Waals surface area (Å²) >= 11 is 1.40. The topological polar surface area (TPSA) is 68.5 Å². The van der Waals surface area contributed by atoms with E-state index in [1.165, 1.54) is 18.0 Å². The number of furan rings is 1. The van der Waals surface area contributed by atoms with Crippen LogP contribution in [-0.2, 0) is 20.9 Å². The van der Waals surface area contributed by atoms with Gasteiger partial charge in [0, 0.05) is 4.90 Å². The second kappa shape index (κ2) is 8.43. The molecule has 0 saturated heterocycles. The zero-order valence-electron chi connectivity index (χ0n) is 13.1. The van der Waals surface area contributed by atoms with Crippen molar-refractivity contribution >= 4 is 23.6 Å². The third-order valence-corrected chi connectivity index (χ3v) is 4.28. The number of aryl methyl sites for hydroxylation is 1. The van der Waals surface area contributed by atoms with Gasteiger partial charge in [0.15, 0.2) is 6.10 Å². The van der Waals surface area contributed by atoms with Gasteiger partial charge in [-0.1, -0.05) is 18.2 Å². The third-order valence-electron chi connectivity index (χ3n) is 3.13. The fourth-order valence-electron chi connectivity index (χ4n) is 1.87. The summed E-state index contributed by atoms with van der Waals surface area (Å²) in [4.78, 5) is 24.7. The van der Waals surface area contributed by atoms with Gasteiger partial charge in [-0.2, -0.15) is 0 Å². The molecule has 6 heteroatoms. The van der Waals surface area contributed by atoms with Crippen LogP contribution in [0.4, 0.5) is 0 Å². The van der Waals surface area contributed by atoms with Crippen LogP contribution in [0.15, 0.2) is 52.0 Å². The second-order valence-corrected chi connectivity index (χ2v) is 6.00. The minimum Gasteiger partial charge on any atom is -0.467 e. The van der Waals surface area contributed by atoms with E-state index < -0.39 is 12.1 Å². The lowest BCUT2D eigenvalue weighted by Gasteiger charge is -2.13. The van der Waals surface area contributed by atoms with Crippen LogP contribution in [-0.4, -0.2) is 23.7 Å². The lowest BCUT2D eigenvalue weighted by molar-refractivity contribution is -0.152. The summed E-state index contributed by atoms with van der Waals surface area (Å²) in [5.74, 6) is 0.0437. The number of benzene rings is 1. The maximum absolute atomic E-state index is 11.9. The predicted molar refractivity (Wildman–Crippen MR) is 88.0 cm³/mol. The lowest BCUT2D eigenvalue weighted by atomic mass is 10.2. The van der Waals surface area contributed by atoms with Crippen LogP contribution in [0.5, 0.6) is 0 Å². The Balaban J connectivity index is 1.73. The average molecular weight is 333 g/mol. The van der Waals surface area contributed by atoms with Crippen molar-refractivity contribution in [1.29, 1.82) is 0 Å². The summed E-state index contributed by atoms with van der Waals surface area (Å²) in [6.07, 6.45) is 0.697. The number of hydrogen-bond donors (Lipinski definition) is 1. The molecule has 0 aliphatic rings. The smallest absolute Gasteiger partial charge is 0.317 e. The summed E-state index contributed by atoms with van der Waals surface area (Å²) in [6.45, 7) is 3.80. The van der Waals surface area contributed by atoms with Crippen LogP contribution in [0.2, 0.25) is 0 Å². The molecule has 0 aliphatic carbocycles. The fraction of sp³-hybridized carbons (Fsp3) is 0.294. The molecule has 0 spiro atoms. The minimum absolute atomic E-state index is 0.167. The van der Waals surface area contributed by atoms with Crippen molar-refractivity contribution in [3.05, 3.63) is 54.0 Å². The Kier molecular flexibility index (Phi) is 6.29. The van der Waals surface area contributed by atoms with Crippen molar-refractivity contribution in [1.82, 2.24) is 5.32 Å². The molecule has 0 aliphatic heterocycles. The van der Waals surface area contributed by atoms with Crippen molar-refractivity contribution in [2.24, 2.45) is 0 Å². The van der Waals surface area contributed by atoms with Crippen molar-refractivity contribution in [3.8, 4) is 0 Å². The highest BCUT2D eigenvalue weighted by Gasteiger charge is 2.18. The zero-order valence-corrected chi connectivity index (χ0v) is 13.9. The first kappa shape index (κ1) is 17.1. The molecule has 1 atom stereocenters. The van der Waals surface area contributed by atoms with Gasteiger partial charge >= 0.3 is 5.97 Å². The van der Waals surface area contributed by atoms with Gasteiger partial charge in [0.05, 0.1) is 18.6 Å². The molecule has 1 heterocycles. The van der Waals surface area contributed by atoms with Gasteiger partial charge in [0.25, 0.3) is 5.91 Å². The molecule has 2 rings (SSSR count). The van der Waals surface area contributed by atoms with Crippen LogP contribution in [0.25, 0.3) is 0 Å². The van der Waals surface area contributed by atoms with Gasteiger partial charge in [0.1, 0.15) is 5.76 Å². The Morgan fingerprint density at radius 2 is 2.04 bits per heavy atom. The molecule has 122 valence electrons. The first-order valence-electron chi connectivity index (χ1n) is 7.24. The van der Waals surface area contributed by atoms with E-state index >= 15 is 0 Å². The molecule has 1 aromatic heterocycles. The van der Waals surface area contributed by atoms with E-state index in [0.29, 0.717) is 5.76 Å². The maximum atomic E-state index is 11.9. The van der Waals surface area contributed by atoms with E-state index in [0.717, 1.165) is 10.5 Å². The van der Waals surface area contributed by atoms with Crippen LogP contribution in [0, 0.1) is 6.92 Å². The van der Waals surface area contributed by atoms with Crippen molar-refractivity contribution in [2.45, 2.75) is 31.4 Å². The molecular formula is C17H19NO4S. The molecule has 0 bridgehead atoms. The molecule has 2 aromatic rings. The van der Waals surface area contributed by atoms with Crippen molar-refractivity contribution in [2.75, 3.05) is 5.75 Å². The highest BCUT2D eigenvalue weighted by molar-refractivity contribution is 8.00. The molecule has 1 N–H and O–H groups in total. The molecule has 0 fully saturated rings. The van der Waals surface area contributed by atoms with Crippen LogP contribution >= 0.6 is 11.8 Å². The summed E-state index contributed by atoms with van der Waals surface area (Å²) in [5, 5.41) is 2.66. The normalized spacial score (nSPS) is 11.7. The van der Waals surface area contributed by atoms with Crippen LogP contribution in [0.1, 0.15) is 18.2 Å². The number of hydrogen-bond acceptors (Lipinski definition) is 5. The van der Waals surface area contributed by atoms with Crippen LogP contribution < -0.4 is 5.32 Å². The van der Waals surface area contributed by atoms with Crippen LogP contribution in [0.3, 0.4) is 0 Å². The fourth-order valence-corrected chi connectivity index (χ4v) is 2.68. The molecule has 5 nitrogen and oxygen atoms in total. The quantitative estimate of drug-likeness (QED) is 0.623. The lowest BCUT2D eigenvalue weighted by Crippen LogP contribution is -2.35. The number of nitrogens with one attached hydrogen (secondary N) is 1. The Bertz CT molecular complexity index is 654. The summed E-state index contributed by atoms with van der Waals surface area (Å²) in [5.41, 5.74) is 1.11. The van der Waals surface area contributed by atoms with Gasteiger partial charge < -0.3 is 14.5 Å². The number of rotatable bonds is 7. The Morgan fingerprint density at radius 1 is 1.26 bits per heavy atom. The number of carbonyl (C=O) groups excluding carboxylic acids is 2. The highest BCUT2D eigenvalue weighted by Crippen LogP contribution is 2.21. The Hall–Kier alpha value is -2.21. The molecule has 1 aromatic carbocycles. The average Bonchev–Trinajstić information content (AvgIpc) is 3.05. The Labute approximate surface area is 139 Å². The zero-order chi connectivity index (χ0) is 16.7. The monoisotopic (exact) mass is 333 g/mol. The Morgan fingerprint density at radius 3 is 2.74 bits per heavy atom. The standard InChI is InChI=1S/C17H19NO4S/c1-12-6-3-4-8-15(12)23-11-16(19)22-13(2)17(20)18-10-14-7-5-9-21-14/h3-9,13H,10-11H2,1-2H3,(H,18,20)/t13-/m1/s1. The van der Waals surface area contributed by atoms with E-state index in [1.807, 2.05) is 31.2 Å². The van der Waals surface area contributed by atoms with Gasteiger partial charge in [-0.25, -0.2) is 0 Å². The predicted octanol–water partition coefficient (Wildman–Crippen LogP) is 2.93. The summed E-state index contributed by atoms with van der Waals surface area (Å²) in [6, 6.07) is 11.3. The number of esters is 1. The van der Waals surface area contributed by atoms with E-state index in [4.69, 9.17) is 9.15 Å². The first-order valence-corrected chi connectivity index (χ1v) is 8.23. The highest BCUT2D eigenvalue weighted by atomic mass is 32.2. The van der Waals surface area contributed by atoms with Gasteiger partial charge in [-0.3, -0.25) is 9.59 Å².